The molecule has 4 nitrogen and oxygen atoms in total. The lowest BCUT2D eigenvalue weighted by Crippen LogP contribution is -2.46. The predicted octanol–water partition coefficient (Wildman–Crippen LogP) is 3.77. The van der Waals surface area contributed by atoms with Crippen LogP contribution in [-0.2, 0) is 0 Å². The first-order chi connectivity index (χ1) is 9.79. The predicted molar refractivity (Wildman–Crippen MR) is 85.0 cm³/mol. The molecule has 1 N–H and O–H groups in total. The van der Waals surface area contributed by atoms with Crippen molar-refractivity contribution in [3.05, 3.63) is 23.4 Å². The molecule has 1 fully saturated rings. The number of pyridine rings is 1. The smallest absolute Gasteiger partial charge is 0.335 e. The van der Waals surface area contributed by atoms with Crippen LogP contribution < -0.4 is 4.90 Å². The van der Waals surface area contributed by atoms with Gasteiger partial charge in [-0.2, -0.15) is 0 Å². The molecule has 0 amide bonds. The van der Waals surface area contributed by atoms with E-state index in [-0.39, 0.29) is 5.92 Å². The average molecular weight is 290 g/mol. The summed E-state index contributed by atoms with van der Waals surface area (Å²) in [5, 5.41) is 9.34. The van der Waals surface area contributed by atoms with Crippen LogP contribution in [0.4, 0.5) is 5.82 Å². The summed E-state index contributed by atoms with van der Waals surface area (Å²) in [6.45, 7) is 11.8. The van der Waals surface area contributed by atoms with E-state index in [4.69, 9.17) is 4.98 Å². The van der Waals surface area contributed by atoms with E-state index in [0.29, 0.717) is 23.4 Å². The van der Waals surface area contributed by atoms with Gasteiger partial charge in [-0.25, -0.2) is 9.78 Å². The zero-order valence-corrected chi connectivity index (χ0v) is 13.6. The highest BCUT2D eigenvalue weighted by Crippen LogP contribution is 2.31. The first-order valence-electron chi connectivity index (χ1n) is 7.81. The first kappa shape index (κ1) is 15.8. The minimum Gasteiger partial charge on any atom is -0.478 e. The fourth-order valence-corrected chi connectivity index (χ4v) is 3.12. The summed E-state index contributed by atoms with van der Waals surface area (Å²) in [4.78, 5) is 18.4. The molecule has 1 aromatic rings. The number of rotatable bonds is 3. The Morgan fingerprint density at radius 3 is 2.57 bits per heavy atom. The number of carbonyl (C=O) groups is 1. The second-order valence-electron chi connectivity index (χ2n) is 6.81. The van der Waals surface area contributed by atoms with Crippen molar-refractivity contribution in [3.8, 4) is 0 Å². The number of nitrogens with zero attached hydrogens (tertiary/aromatic N) is 2. The van der Waals surface area contributed by atoms with Crippen LogP contribution >= 0.6 is 0 Å². The van der Waals surface area contributed by atoms with Gasteiger partial charge in [0.05, 0.1) is 5.56 Å². The minimum atomic E-state index is -0.883. The van der Waals surface area contributed by atoms with E-state index < -0.39 is 5.97 Å². The van der Waals surface area contributed by atoms with Crippen LogP contribution in [0.1, 0.15) is 63.0 Å². The van der Waals surface area contributed by atoms with Gasteiger partial charge in [-0.15, -0.1) is 0 Å². The molecular weight excluding hydrogens is 264 g/mol. The zero-order chi connectivity index (χ0) is 15.7. The molecule has 1 saturated heterocycles. The van der Waals surface area contributed by atoms with Crippen LogP contribution in [0.3, 0.4) is 0 Å². The lowest BCUT2D eigenvalue weighted by Gasteiger charge is -2.42. The normalized spacial score (nSPS) is 26.2. The quantitative estimate of drug-likeness (QED) is 0.920. The van der Waals surface area contributed by atoms with Gasteiger partial charge in [-0.05, 0) is 43.2 Å². The van der Waals surface area contributed by atoms with E-state index in [1.165, 1.54) is 6.42 Å². The number of hydrogen-bond donors (Lipinski definition) is 1. The Balaban J connectivity index is 2.44. The maximum absolute atomic E-state index is 11.4. The van der Waals surface area contributed by atoms with Crippen molar-refractivity contribution in [1.82, 2.24) is 4.98 Å². The van der Waals surface area contributed by atoms with Crippen molar-refractivity contribution in [1.29, 1.82) is 0 Å². The molecule has 4 heteroatoms. The molecule has 21 heavy (non-hydrogen) atoms. The van der Waals surface area contributed by atoms with Gasteiger partial charge in [0, 0.05) is 18.3 Å². The number of aromatic carboxylic acids is 1. The van der Waals surface area contributed by atoms with Gasteiger partial charge in [-0.1, -0.05) is 27.7 Å². The molecule has 3 atom stereocenters. The summed E-state index contributed by atoms with van der Waals surface area (Å²) in [5.41, 5.74) is 1.18. The first-order valence-corrected chi connectivity index (χ1v) is 7.81. The molecule has 1 aliphatic heterocycles. The monoisotopic (exact) mass is 290 g/mol. The Morgan fingerprint density at radius 1 is 1.33 bits per heavy atom. The molecule has 0 aromatic carbocycles. The lowest BCUT2D eigenvalue weighted by atomic mass is 9.86. The van der Waals surface area contributed by atoms with Crippen LogP contribution in [-0.4, -0.2) is 28.6 Å². The highest BCUT2D eigenvalue weighted by atomic mass is 16.4. The molecule has 2 heterocycles. The Kier molecular flexibility index (Phi) is 4.55. The summed E-state index contributed by atoms with van der Waals surface area (Å²) in [5.74, 6) is 1.34. The molecular formula is C17H26N2O2. The highest BCUT2D eigenvalue weighted by molar-refractivity contribution is 5.88. The third-order valence-corrected chi connectivity index (χ3v) is 4.56. The van der Waals surface area contributed by atoms with E-state index in [1.54, 1.807) is 12.1 Å². The van der Waals surface area contributed by atoms with Gasteiger partial charge in [-0.3, -0.25) is 0 Å². The van der Waals surface area contributed by atoms with Crippen LogP contribution in [0, 0.1) is 11.8 Å². The topological polar surface area (TPSA) is 53.4 Å². The van der Waals surface area contributed by atoms with Crippen LogP contribution in [0.25, 0.3) is 0 Å². The summed E-state index contributed by atoms with van der Waals surface area (Å²) in [6, 6.07) is 3.80. The molecule has 0 spiro atoms. The molecule has 3 unspecified atom stereocenters. The van der Waals surface area contributed by atoms with E-state index >= 15 is 0 Å². The van der Waals surface area contributed by atoms with E-state index in [1.807, 2.05) is 13.8 Å². The van der Waals surface area contributed by atoms with Crippen molar-refractivity contribution in [2.45, 2.75) is 53.0 Å². The third-order valence-electron chi connectivity index (χ3n) is 4.56. The van der Waals surface area contributed by atoms with E-state index in [9.17, 15) is 9.90 Å². The molecule has 116 valence electrons. The average Bonchev–Trinajstić information content (AvgIpc) is 2.42. The summed E-state index contributed by atoms with van der Waals surface area (Å²) in [7, 11) is 0. The fourth-order valence-electron chi connectivity index (χ4n) is 3.12. The van der Waals surface area contributed by atoms with Gasteiger partial charge < -0.3 is 10.0 Å². The van der Waals surface area contributed by atoms with Gasteiger partial charge in [0.1, 0.15) is 5.82 Å². The van der Waals surface area contributed by atoms with E-state index in [2.05, 4.69) is 25.7 Å². The van der Waals surface area contributed by atoms with E-state index in [0.717, 1.165) is 18.1 Å². The standard InChI is InChI=1S/C17H26N2O2/c1-10(2)15-7-14(17(20)21)8-16(18-15)19-9-11(3)6-12(4)13(19)5/h7-8,10-13H,6,9H2,1-5H3,(H,20,21). The molecule has 0 bridgehead atoms. The SMILES string of the molecule is CC1CC(C)C(C)N(c2cc(C(=O)O)cc(C(C)C)n2)C1. The number of anilines is 1. The largest absolute Gasteiger partial charge is 0.478 e. The van der Waals surface area contributed by atoms with Crippen LogP contribution in [0.5, 0.6) is 0 Å². The van der Waals surface area contributed by atoms with Gasteiger partial charge >= 0.3 is 5.97 Å². The number of piperidine rings is 1. The second kappa shape index (κ2) is 6.04. The van der Waals surface area contributed by atoms with Gasteiger partial charge in [0.25, 0.3) is 0 Å². The second-order valence-corrected chi connectivity index (χ2v) is 6.81. The van der Waals surface area contributed by atoms with Crippen molar-refractivity contribution < 1.29 is 9.90 Å². The fraction of sp³-hybridized carbons (Fsp3) is 0.647. The summed E-state index contributed by atoms with van der Waals surface area (Å²) in [6.07, 6.45) is 1.22. The number of aromatic nitrogens is 1. The lowest BCUT2D eigenvalue weighted by molar-refractivity contribution is 0.0696. The minimum absolute atomic E-state index is 0.220. The van der Waals surface area contributed by atoms with Crippen molar-refractivity contribution in [2.75, 3.05) is 11.4 Å². The molecule has 0 aliphatic carbocycles. The molecule has 0 saturated carbocycles. The summed E-state index contributed by atoms with van der Waals surface area (Å²) >= 11 is 0. The summed E-state index contributed by atoms with van der Waals surface area (Å²) < 4.78 is 0. The van der Waals surface area contributed by atoms with Crippen molar-refractivity contribution >= 4 is 11.8 Å². The number of carboxylic acid groups (broad SMARTS) is 1. The molecule has 2 rings (SSSR count). The van der Waals surface area contributed by atoms with Gasteiger partial charge in [0.2, 0.25) is 0 Å². The third kappa shape index (κ3) is 3.36. The maximum atomic E-state index is 11.4. The van der Waals surface area contributed by atoms with Crippen molar-refractivity contribution in [3.63, 3.8) is 0 Å². The van der Waals surface area contributed by atoms with Crippen molar-refractivity contribution in [2.24, 2.45) is 11.8 Å². The Morgan fingerprint density at radius 2 is 2.00 bits per heavy atom. The number of carboxylic acids is 1. The Hall–Kier alpha value is -1.58. The highest BCUT2D eigenvalue weighted by Gasteiger charge is 2.30. The van der Waals surface area contributed by atoms with Crippen LogP contribution in [0.15, 0.2) is 12.1 Å². The zero-order valence-electron chi connectivity index (χ0n) is 13.6. The Labute approximate surface area is 127 Å². The van der Waals surface area contributed by atoms with Crippen LogP contribution in [0.2, 0.25) is 0 Å². The molecule has 0 radical (unpaired) electrons. The maximum Gasteiger partial charge on any atom is 0.335 e. The van der Waals surface area contributed by atoms with Gasteiger partial charge in [0.15, 0.2) is 0 Å². The number of hydrogen-bond acceptors (Lipinski definition) is 3. The molecule has 1 aromatic heterocycles. The molecule has 1 aliphatic rings. The Bertz CT molecular complexity index is 528.